The Hall–Kier alpha value is -4.19. The summed E-state index contributed by atoms with van der Waals surface area (Å²) in [5, 5.41) is 8.50. The number of carbonyl (C=O) groups is 1. The molecule has 1 saturated carbocycles. The highest BCUT2D eigenvalue weighted by atomic mass is 32.1. The zero-order chi connectivity index (χ0) is 31.2. The third-order valence-corrected chi connectivity index (χ3v) is 9.09. The summed E-state index contributed by atoms with van der Waals surface area (Å²) in [6.07, 6.45) is 9.87. The Balaban J connectivity index is 1.08. The van der Waals surface area contributed by atoms with Gasteiger partial charge in [0, 0.05) is 55.8 Å². The van der Waals surface area contributed by atoms with Crippen LogP contribution in [0.25, 0.3) is 15.9 Å². The first kappa shape index (κ1) is 30.8. The Kier molecular flexibility index (Phi) is 9.78. The standard InChI is InChI=1S/C34H35F2N5O3S/c1-2-43-15-14-37-19-21-6-10-27(39-20-21)32-18-29-33(45-32)31(12-13-38-29)44-30-11-8-24(17-26(30)36)40-34(42)41-28-16-23(7-9-25(28)35)22-4-3-5-22/h7-13,16-18,20-22,37H,2-6,14-15,19H2,1H3,(H2,40,41,42). The number of ether oxygens (including phenoxy) is 2. The van der Waals surface area contributed by atoms with Crippen LogP contribution in [0.3, 0.4) is 0 Å². The van der Waals surface area contributed by atoms with E-state index in [1.54, 1.807) is 24.4 Å². The van der Waals surface area contributed by atoms with Crippen LogP contribution < -0.4 is 20.7 Å². The van der Waals surface area contributed by atoms with Crippen molar-refractivity contribution < 1.29 is 23.0 Å². The van der Waals surface area contributed by atoms with Gasteiger partial charge in [-0.2, -0.15) is 0 Å². The summed E-state index contributed by atoms with van der Waals surface area (Å²) in [7, 11) is 0. The maximum atomic E-state index is 15.1. The van der Waals surface area contributed by atoms with Crippen molar-refractivity contribution in [1.29, 1.82) is 0 Å². The van der Waals surface area contributed by atoms with Gasteiger partial charge in [-0.05, 0) is 68.0 Å². The van der Waals surface area contributed by atoms with E-state index in [2.05, 4.69) is 32.0 Å². The second-order valence-corrected chi connectivity index (χ2v) is 12.1. The van der Waals surface area contributed by atoms with Gasteiger partial charge in [0.05, 0.1) is 33.1 Å². The number of aliphatic imine (C=N–C) groups is 1. The average Bonchev–Trinajstić information content (AvgIpc) is 3.45. The number of carbonyl (C=O) groups excluding carboxylic acids is 1. The molecule has 1 aliphatic heterocycles. The number of benzene rings is 2. The molecule has 45 heavy (non-hydrogen) atoms. The number of allylic oxidation sites excluding steroid dienone is 1. The van der Waals surface area contributed by atoms with Gasteiger partial charge in [-0.3, -0.25) is 9.98 Å². The van der Waals surface area contributed by atoms with Crippen molar-refractivity contribution in [2.45, 2.75) is 38.5 Å². The molecule has 2 aromatic carbocycles. The monoisotopic (exact) mass is 631 g/mol. The number of thiophene rings is 1. The molecule has 234 valence electrons. The van der Waals surface area contributed by atoms with Crippen molar-refractivity contribution in [3.8, 4) is 11.5 Å². The molecule has 3 N–H and O–H groups in total. The molecule has 0 bridgehead atoms. The number of aromatic nitrogens is 1. The lowest BCUT2D eigenvalue weighted by Crippen LogP contribution is -2.27. The molecule has 2 aliphatic rings. The molecule has 11 heteroatoms. The van der Waals surface area contributed by atoms with Gasteiger partial charge in [0.15, 0.2) is 11.6 Å². The van der Waals surface area contributed by atoms with Gasteiger partial charge in [0.1, 0.15) is 11.6 Å². The molecule has 2 amide bonds. The van der Waals surface area contributed by atoms with E-state index in [1.807, 2.05) is 19.2 Å². The lowest BCUT2D eigenvalue weighted by molar-refractivity contribution is 0.149. The number of nitrogens with one attached hydrogen (secondary N) is 3. The van der Waals surface area contributed by atoms with Crippen molar-refractivity contribution in [3.63, 3.8) is 0 Å². The van der Waals surface area contributed by atoms with Gasteiger partial charge in [0.25, 0.3) is 0 Å². The fraction of sp³-hybridized carbons (Fsp3) is 0.324. The minimum absolute atomic E-state index is 0.00256. The quantitative estimate of drug-likeness (QED) is 0.137. The molecular weight excluding hydrogens is 596 g/mol. The minimum atomic E-state index is -0.668. The topological polar surface area (TPSA) is 96.9 Å². The number of anilines is 2. The van der Waals surface area contributed by atoms with Crippen LogP contribution in [0.15, 0.2) is 65.8 Å². The third kappa shape index (κ3) is 7.55. The fourth-order valence-corrected chi connectivity index (χ4v) is 6.32. The van der Waals surface area contributed by atoms with Crippen molar-refractivity contribution in [3.05, 3.63) is 82.9 Å². The van der Waals surface area contributed by atoms with Crippen molar-refractivity contribution in [2.75, 3.05) is 36.9 Å². The number of pyridine rings is 1. The average molecular weight is 632 g/mol. The predicted molar refractivity (Wildman–Crippen MR) is 176 cm³/mol. The summed E-state index contributed by atoms with van der Waals surface area (Å²) in [6, 6.07) is 11.9. The van der Waals surface area contributed by atoms with Gasteiger partial charge < -0.3 is 25.4 Å². The summed E-state index contributed by atoms with van der Waals surface area (Å²) in [5.41, 5.74) is 2.91. The van der Waals surface area contributed by atoms with Crippen molar-refractivity contribution in [2.24, 2.45) is 10.9 Å². The van der Waals surface area contributed by atoms with Crippen LogP contribution in [0.2, 0.25) is 0 Å². The lowest BCUT2D eigenvalue weighted by Gasteiger charge is -2.26. The van der Waals surface area contributed by atoms with E-state index in [-0.39, 0.29) is 17.1 Å². The molecule has 0 radical (unpaired) electrons. The first-order valence-electron chi connectivity index (χ1n) is 15.2. The first-order chi connectivity index (χ1) is 22.0. The Morgan fingerprint density at radius 3 is 2.69 bits per heavy atom. The van der Waals surface area contributed by atoms with Gasteiger partial charge in [0.2, 0.25) is 0 Å². The zero-order valence-corrected chi connectivity index (χ0v) is 25.8. The van der Waals surface area contributed by atoms with E-state index >= 15 is 4.39 Å². The van der Waals surface area contributed by atoms with Crippen molar-refractivity contribution in [1.82, 2.24) is 10.3 Å². The third-order valence-electron chi connectivity index (χ3n) is 7.93. The zero-order valence-electron chi connectivity index (χ0n) is 24.9. The van der Waals surface area contributed by atoms with Crippen LogP contribution in [0.1, 0.15) is 49.0 Å². The van der Waals surface area contributed by atoms with E-state index in [0.29, 0.717) is 30.8 Å². The van der Waals surface area contributed by atoms with E-state index in [0.717, 1.165) is 71.2 Å². The molecule has 1 unspecified atom stereocenters. The molecule has 4 aromatic rings. The van der Waals surface area contributed by atoms with Crippen molar-refractivity contribution >= 4 is 50.9 Å². The second kappa shape index (κ2) is 14.3. The molecule has 3 heterocycles. The maximum absolute atomic E-state index is 15.1. The minimum Gasteiger partial charge on any atom is -0.453 e. The molecule has 0 spiro atoms. The van der Waals surface area contributed by atoms with Gasteiger partial charge in [-0.25, -0.2) is 13.6 Å². The Bertz CT molecular complexity index is 1740. The predicted octanol–water partition coefficient (Wildman–Crippen LogP) is 8.34. The Labute approximate surface area is 264 Å². The highest BCUT2D eigenvalue weighted by Gasteiger charge is 2.21. The lowest BCUT2D eigenvalue weighted by atomic mass is 9.80. The highest BCUT2D eigenvalue weighted by Crippen LogP contribution is 2.40. The number of urea groups is 1. The number of amides is 2. The van der Waals surface area contributed by atoms with Crippen LogP contribution in [-0.2, 0) is 4.74 Å². The van der Waals surface area contributed by atoms with E-state index in [9.17, 15) is 9.18 Å². The first-order valence-corrected chi connectivity index (χ1v) is 16.0. The molecule has 1 aliphatic carbocycles. The van der Waals surface area contributed by atoms with Crippen LogP contribution >= 0.6 is 11.3 Å². The highest BCUT2D eigenvalue weighted by molar-refractivity contribution is 7.20. The van der Waals surface area contributed by atoms with E-state index < -0.39 is 17.7 Å². The molecule has 1 fully saturated rings. The van der Waals surface area contributed by atoms with Gasteiger partial charge >= 0.3 is 6.03 Å². The van der Waals surface area contributed by atoms with E-state index in [1.165, 1.54) is 29.5 Å². The van der Waals surface area contributed by atoms with Crippen LogP contribution in [-0.4, -0.2) is 43.5 Å². The van der Waals surface area contributed by atoms with E-state index in [4.69, 9.17) is 9.47 Å². The largest absolute Gasteiger partial charge is 0.453 e. The number of hydrogen-bond donors (Lipinski definition) is 3. The van der Waals surface area contributed by atoms with Gasteiger partial charge in [-0.1, -0.05) is 18.6 Å². The summed E-state index contributed by atoms with van der Waals surface area (Å²) in [4.78, 5) is 22.7. The fourth-order valence-electron chi connectivity index (χ4n) is 5.26. The summed E-state index contributed by atoms with van der Waals surface area (Å²) >= 11 is 1.48. The summed E-state index contributed by atoms with van der Waals surface area (Å²) in [5.74, 6) is -0.0104. The maximum Gasteiger partial charge on any atom is 0.323 e. The Morgan fingerprint density at radius 2 is 1.93 bits per heavy atom. The smallest absolute Gasteiger partial charge is 0.323 e. The Morgan fingerprint density at radius 1 is 1.04 bits per heavy atom. The molecule has 0 saturated heterocycles. The summed E-state index contributed by atoms with van der Waals surface area (Å²) in [6.45, 7) is 5.04. The van der Waals surface area contributed by atoms with Crippen LogP contribution in [0.4, 0.5) is 25.0 Å². The normalized spacial score (nSPS) is 16.3. The second-order valence-electron chi connectivity index (χ2n) is 11.1. The number of fused-ring (bicyclic) bond motifs is 1. The molecule has 1 atom stereocenters. The number of nitrogens with zero attached hydrogens (tertiary/aromatic N) is 2. The van der Waals surface area contributed by atoms with Gasteiger partial charge in [-0.15, -0.1) is 11.3 Å². The number of hydrogen-bond acceptors (Lipinski definition) is 7. The summed E-state index contributed by atoms with van der Waals surface area (Å²) < 4.78 is 41.6. The van der Waals surface area contributed by atoms with Crippen LogP contribution in [0, 0.1) is 17.6 Å². The molecule has 2 aromatic heterocycles. The number of halogens is 2. The SMILES string of the molecule is CCOCCNCC1C=NC(c2cc3nccc(Oc4ccc(NC(=O)Nc5cc(C6CCC6)ccc5F)cc4F)c3s2)=CC1. The van der Waals surface area contributed by atoms with Crippen LogP contribution in [0.5, 0.6) is 11.5 Å². The molecule has 8 nitrogen and oxygen atoms in total. The number of rotatable bonds is 12. The molecule has 6 rings (SSSR count). The molecular formula is C34H35F2N5O3S.